The van der Waals surface area contributed by atoms with Crippen LogP contribution in [0, 0.1) is 13.8 Å². The van der Waals surface area contributed by atoms with Gasteiger partial charge in [-0.05, 0) is 43.9 Å². The standard InChI is InChI=1S/C14H20N2O3S/c1-10-5-3-7-13(11(10)2)14(17)16-8-4-6-12(9-16)20(15,18)19/h3,5,7,12H,4,6,8-9H2,1-2H3,(H2,15,18,19). The number of benzene rings is 1. The largest absolute Gasteiger partial charge is 0.337 e. The third-order valence-electron chi connectivity index (χ3n) is 3.97. The second kappa shape index (κ2) is 5.54. The average Bonchev–Trinajstić information content (AvgIpc) is 2.40. The topological polar surface area (TPSA) is 80.5 Å². The van der Waals surface area contributed by atoms with Crippen molar-refractivity contribution in [2.24, 2.45) is 5.14 Å². The summed E-state index contributed by atoms with van der Waals surface area (Å²) in [7, 11) is -3.59. The summed E-state index contributed by atoms with van der Waals surface area (Å²) in [6.45, 7) is 4.63. The Bertz CT molecular complexity index is 625. The van der Waals surface area contributed by atoms with Crippen LogP contribution < -0.4 is 5.14 Å². The van der Waals surface area contributed by atoms with Crippen molar-refractivity contribution >= 4 is 15.9 Å². The van der Waals surface area contributed by atoms with Crippen molar-refractivity contribution < 1.29 is 13.2 Å². The molecule has 0 aromatic heterocycles. The molecule has 1 unspecified atom stereocenters. The molecule has 1 fully saturated rings. The first-order valence-corrected chi connectivity index (χ1v) is 8.28. The highest BCUT2D eigenvalue weighted by atomic mass is 32.2. The summed E-state index contributed by atoms with van der Waals surface area (Å²) in [5, 5.41) is 4.55. The van der Waals surface area contributed by atoms with E-state index >= 15 is 0 Å². The molecule has 110 valence electrons. The Labute approximate surface area is 119 Å². The minimum atomic E-state index is -3.59. The normalized spacial score (nSPS) is 19.9. The summed E-state index contributed by atoms with van der Waals surface area (Å²) < 4.78 is 22.9. The van der Waals surface area contributed by atoms with Crippen LogP contribution in [0.4, 0.5) is 0 Å². The Morgan fingerprint density at radius 3 is 2.70 bits per heavy atom. The number of carbonyl (C=O) groups excluding carboxylic acids is 1. The number of carbonyl (C=O) groups is 1. The zero-order valence-electron chi connectivity index (χ0n) is 11.8. The Morgan fingerprint density at radius 2 is 2.05 bits per heavy atom. The van der Waals surface area contributed by atoms with E-state index in [9.17, 15) is 13.2 Å². The number of piperidine rings is 1. The molecule has 0 spiro atoms. The minimum Gasteiger partial charge on any atom is -0.337 e. The van der Waals surface area contributed by atoms with Gasteiger partial charge in [0.05, 0.1) is 5.25 Å². The monoisotopic (exact) mass is 296 g/mol. The van der Waals surface area contributed by atoms with Crippen molar-refractivity contribution in [2.45, 2.75) is 31.9 Å². The average molecular weight is 296 g/mol. The van der Waals surface area contributed by atoms with Gasteiger partial charge in [0.15, 0.2) is 0 Å². The van der Waals surface area contributed by atoms with Gasteiger partial charge in [-0.25, -0.2) is 13.6 Å². The maximum atomic E-state index is 12.5. The molecule has 1 aromatic carbocycles. The molecule has 2 rings (SSSR count). The van der Waals surface area contributed by atoms with Crippen LogP contribution in [0.5, 0.6) is 0 Å². The number of hydrogen-bond acceptors (Lipinski definition) is 3. The van der Waals surface area contributed by atoms with E-state index in [4.69, 9.17) is 5.14 Å². The van der Waals surface area contributed by atoms with Gasteiger partial charge in [-0.3, -0.25) is 4.79 Å². The van der Waals surface area contributed by atoms with Gasteiger partial charge in [-0.1, -0.05) is 12.1 Å². The highest BCUT2D eigenvalue weighted by molar-refractivity contribution is 7.89. The molecule has 0 saturated carbocycles. The van der Waals surface area contributed by atoms with Crippen LogP contribution in [0.2, 0.25) is 0 Å². The summed E-state index contributed by atoms with van der Waals surface area (Å²) in [5.74, 6) is -0.112. The summed E-state index contributed by atoms with van der Waals surface area (Å²) in [5.41, 5.74) is 2.63. The summed E-state index contributed by atoms with van der Waals surface area (Å²) in [6.07, 6.45) is 1.19. The van der Waals surface area contributed by atoms with Crippen molar-refractivity contribution in [3.8, 4) is 0 Å². The second-order valence-electron chi connectivity index (χ2n) is 5.35. The van der Waals surface area contributed by atoms with Gasteiger partial charge < -0.3 is 4.90 Å². The van der Waals surface area contributed by atoms with E-state index < -0.39 is 15.3 Å². The van der Waals surface area contributed by atoms with Crippen molar-refractivity contribution in [3.63, 3.8) is 0 Å². The van der Waals surface area contributed by atoms with Crippen molar-refractivity contribution in [1.82, 2.24) is 4.90 Å². The number of aryl methyl sites for hydroxylation is 1. The summed E-state index contributed by atoms with van der Waals surface area (Å²) in [6, 6.07) is 5.58. The number of likely N-dealkylation sites (tertiary alicyclic amines) is 1. The smallest absolute Gasteiger partial charge is 0.254 e. The molecule has 2 N–H and O–H groups in total. The van der Waals surface area contributed by atoms with Gasteiger partial charge in [-0.2, -0.15) is 0 Å². The maximum absolute atomic E-state index is 12.5. The minimum absolute atomic E-state index is 0.112. The van der Waals surface area contributed by atoms with Crippen LogP contribution in [0.25, 0.3) is 0 Å². The Kier molecular flexibility index (Phi) is 4.15. The lowest BCUT2D eigenvalue weighted by Gasteiger charge is -2.32. The quantitative estimate of drug-likeness (QED) is 0.890. The fourth-order valence-corrected chi connectivity index (χ4v) is 3.43. The van der Waals surface area contributed by atoms with Crippen LogP contribution in [-0.4, -0.2) is 37.6 Å². The molecule has 0 bridgehead atoms. The van der Waals surface area contributed by atoms with Crippen LogP contribution >= 0.6 is 0 Å². The number of rotatable bonds is 2. The molecule has 1 atom stereocenters. The fraction of sp³-hybridized carbons (Fsp3) is 0.500. The Hall–Kier alpha value is -1.40. The van der Waals surface area contributed by atoms with E-state index in [1.165, 1.54) is 0 Å². The first-order valence-electron chi connectivity index (χ1n) is 6.68. The van der Waals surface area contributed by atoms with E-state index in [0.29, 0.717) is 24.9 Å². The van der Waals surface area contributed by atoms with Gasteiger partial charge in [0.25, 0.3) is 5.91 Å². The first kappa shape index (κ1) is 15.0. The highest BCUT2D eigenvalue weighted by Crippen LogP contribution is 2.20. The van der Waals surface area contributed by atoms with E-state index in [-0.39, 0.29) is 12.5 Å². The molecule has 5 nitrogen and oxygen atoms in total. The van der Waals surface area contributed by atoms with Crippen molar-refractivity contribution in [1.29, 1.82) is 0 Å². The molecule has 1 aliphatic rings. The molecule has 6 heteroatoms. The van der Waals surface area contributed by atoms with Crippen molar-refractivity contribution in [2.75, 3.05) is 13.1 Å². The zero-order valence-corrected chi connectivity index (χ0v) is 12.6. The predicted molar refractivity (Wildman–Crippen MR) is 77.9 cm³/mol. The number of primary sulfonamides is 1. The van der Waals surface area contributed by atoms with E-state index in [1.807, 2.05) is 26.0 Å². The highest BCUT2D eigenvalue weighted by Gasteiger charge is 2.31. The number of nitrogens with zero attached hydrogens (tertiary/aromatic N) is 1. The molecule has 1 heterocycles. The molecular formula is C14H20N2O3S. The lowest BCUT2D eigenvalue weighted by atomic mass is 10.0. The number of sulfonamides is 1. The van der Waals surface area contributed by atoms with Crippen LogP contribution in [0.1, 0.15) is 34.3 Å². The first-order chi connectivity index (χ1) is 9.30. The van der Waals surface area contributed by atoms with Gasteiger partial charge in [0.1, 0.15) is 0 Å². The van der Waals surface area contributed by atoms with Crippen LogP contribution in [0.15, 0.2) is 18.2 Å². The molecule has 20 heavy (non-hydrogen) atoms. The third kappa shape index (κ3) is 3.02. The van der Waals surface area contributed by atoms with Crippen molar-refractivity contribution in [3.05, 3.63) is 34.9 Å². The zero-order chi connectivity index (χ0) is 14.9. The molecule has 1 aromatic rings. The van der Waals surface area contributed by atoms with E-state index in [1.54, 1.807) is 11.0 Å². The Balaban J connectivity index is 2.23. The lowest BCUT2D eigenvalue weighted by molar-refractivity contribution is 0.0726. The fourth-order valence-electron chi connectivity index (χ4n) is 2.54. The number of hydrogen-bond donors (Lipinski definition) is 1. The van der Waals surface area contributed by atoms with Gasteiger partial charge in [0.2, 0.25) is 10.0 Å². The van der Waals surface area contributed by atoms with E-state index in [2.05, 4.69) is 0 Å². The second-order valence-corrected chi connectivity index (χ2v) is 7.20. The lowest BCUT2D eigenvalue weighted by Crippen LogP contribution is -2.47. The van der Waals surface area contributed by atoms with Crippen LogP contribution in [0.3, 0.4) is 0 Å². The molecule has 0 radical (unpaired) electrons. The SMILES string of the molecule is Cc1cccc(C(=O)N2CCCC(S(N)(=O)=O)C2)c1C. The molecular weight excluding hydrogens is 276 g/mol. The third-order valence-corrected chi connectivity index (χ3v) is 5.28. The van der Waals surface area contributed by atoms with E-state index in [0.717, 1.165) is 11.1 Å². The summed E-state index contributed by atoms with van der Waals surface area (Å²) >= 11 is 0. The predicted octanol–water partition coefficient (Wildman–Crippen LogP) is 1.20. The number of nitrogens with two attached hydrogens (primary N) is 1. The number of amides is 1. The summed E-state index contributed by atoms with van der Waals surface area (Å²) in [4.78, 5) is 14.1. The van der Waals surface area contributed by atoms with Gasteiger partial charge >= 0.3 is 0 Å². The molecule has 1 saturated heterocycles. The Morgan fingerprint density at radius 1 is 1.35 bits per heavy atom. The van der Waals surface area contributed by atoms with Crippen LogP contribution in [-0.2, 0) is 10.0 Å². The van der Waals surface area contributed by atoms with Gasteiger partial charge in [-0.15, -0.1) is 0 Å². The molecule has 1 aliphatic heterocycles. The molecule has 1 amide bonds. The van der Waals surface area contributed by atoms with Gasteiger partial charge in [0, 0.05) is 18.7 Å². The maximum Gasteiger partial charge on any atom is 0.254 e. The molecule has 0 aliphatic carbocycles.